The van der Waals surface area contributed by atoms with Crippen molar-refractivity contribution in [1.29, 1.82) is 0 Å². The lowest BCUT2D eigenvalue weighted by Crippen LogP contribution is -1.82. The monoisotopic (exact) mass is 414 g/mol. The summed E-state index contributed by atoms with van der Waals surface area (Å²) in [6, 6.07) is 20.4. The van der Waals surface area contributed by atoms with Crippen molar-refractivity contribution in [2.24, 2.45) is 0 Å². The van der Waals surface area contributed by atoms with Crippen molar-refractivity contribution in [1.82, 2.24) is 30.4 Å². The Kier molecular flexibility index (Phi) is 4.32. The molecule has 4 aromatic rings. The van der Waals surface area contributed by atoms with Crippen molar-refractivity contribution in [2.75, 3.05) is 0 Å². The molecule has 2 N–H and O–H groups in total. The highest BCUT2D eigenvalue weighted by atomic mass is 15.2. The van der Waals surface area contributed by atoms with Gasteiger partial charge in [-0.1, -0.05) is 48.5 Å². The van der Waals surface area contributed by atoms with Crippen LogP contribution in [0.2, 0.25) is 0 Å². The van der Waals surface area contributed by atoms with Gasteiger partial charge in [0.1, 0.15) is 0 Å². The molecule has 6 heteroatoms. The van der Waals surface area contributed by atoms with Crippen LogP contribution in [0.25, 0.3) is 57.2 Å². The SMILES string of the molecule is C(=C\c1[nH]cc2ccccc12)/c1ccc2c(/C=C/c3[nH]cc4ccccc34)nnc-2nn1. The summed E-state index contributed by atoms with van der Waals surface area (Å²) in [6.45, 7) is 0. The topological polar surface area (TPSA) is 83.1 Å². The number of H-pyrrole nitrogens is 2. The van der Waals surface area contributed by atoms with Crippen LogP contribution in [0.5, 0.6) is 0 Å². The van der Waals surface area contributed by atoms with E-state index < -0.39 is 0 Å². The molecule has 6 nitrogen and oxygen atoms in total. The van der Waals surface area contributed by atoms with Gasteiger partial charge in [-0.25, -0.2) is 0 Å². The Labute approximate surface area is 183 Å². The van der Waals surface area contributed by atoms with Crippen LogP contribution >= 0.6 is 0 Å². The molecule has 0 bridgehead atoms. The molecule has 152 valence electrons. The lowest BCUT2D eigenvalue weighted by atomic mass is 10.1. The van der Waals surface area contributed by atoms with Crippen molar-refractivity contribution < 1.29 is 0 Å². The summed E-state index contributed by atoms with van der Waals surface area (Å²) in [5, 5.41) is 21.8. The van der Waals surface area contributed by atoms with E-state index in [1.165, 1.54) is 21.5 Å². The minimum absolute atomic E-state index is 0.519. The molecule has 2 aliphatic rings. The third-order valence-corrected chi connectivity index (χ3v) is 5.55. The Morgan fingerprint density at radius 2 is 1.19 bits per heavy atom. The lowest BCUT2D eigenvalue weighted by Gasteiger charge is -1.92. The van der Waals surface area contributed by atoms with Crippen LogP contribution in [0, 0.1) is 0 Å². The van der Waals surface area contributed by atoms with E-state index in [-0.39, 0.29) is 0 Å². The number of benzene rings is 2. The zero-order chi connectivity index (χ0) is 21.3. The van der Waals surface area contributed by atoms with Crippen LogP contribution in [-0.4, -0.2) is 30.4 Å². The fourth-order valence-corrected chi connectivity index (χ4v) is 3.89. The average molecular weight is 414 g/mol. The van der Waals surface area contributed by atoms with Gasteiger partial charge in [0.2, 0.25) is 5.82 Å². The van der Waals surface area contributed by atoms with Crippen LogP contribution in [0.1, 0.15) is 22.8 Å². The Hall–Kier alpha value is -4.58. The predicted molar refractivity (Wildman–Crippen MR) is 129 cm³/mol. The van der Waals surface area contributed by atoms with Gasteiger partial charge >= 0.3 is 0 Å². The molecule has 6 rings (SSSR count). The maximum Gasteiger partial charge on any atom is 0.205 e. The maximum atomic E-state index is 4.33. The zero-order valence-electron chi connectivity index (χ0n) is 17.0. The quantitative estimate of drug-likeness (QED) is 0.389. The van der Waals surface area contributed by atoms with E-state index in [1.54, 1.807) is 0 Å². The van der Waals surface area contributed by atoms with E-state index in [0.29, 0.717) is 5.82 Å². The molecule has 0 fully saturated rings. The number of aromatic nitrogens is 6. The number of rotatable bonds is 4. The van der Waals surface area contributed by atoms with Gasteiger partial charge < -0.3 is 9.97 Å². The highest BCUT2D eigenvalue weighted by molar-refractivity contribution is 5.93. The van der Waals surface area contributed by atoms with E-state index >= 15 is 0 Å². The smallest absolute Gasteiger partial charge is 0.205 e. The van der Waals surface area contributed by atoms with Crippen molar-refractivity contribution in [3.8, 4) is 11.4 Å². The number of fused-ring (bicyclic) bond motifs is 3. The van der Waals surface area contributed by atoms with E-state index in [9.17, 15) is 0 Å². The third kappa shape index (κ3) is 3.24. The second kappa shape index (κ2) is 7.59. The fourth-order valence-electron chi connectivity index (χ4n) is 3.89. The number of nitrogens with one attached hydrogen (secondary N) is 2. The van der Waals surface area contributed by atoms with Gasteiger partial charge in [-0.2, -0.15) is 0 Å². The van der Waals surface area contributed by atoms with Crippen LogP contribution < -0.4 is 0 Å². The molecule has 32 heavy (non-hydrogen) atoms. The second-order valence-corrected chi connectivity index (χ2v) is 7.53. The molecule has 0 spiro atoms. The first-order valence-corrected chi connectivity index (χ1v) is 10.3. The molecule has 2 aliphatic heterocycles. The van der Waals surface area contributed by atoms with Gasteiger partial charge in [-0.3, -0.25) is 0 Å². The molecule has 2 aromatic heterocycles. The largest absolute Gasteiger partial charge is 0.361 e. The predicted octanol–water partition coefficient (Wildman–Crippen LogP) is 5.67. The second-order valence-electron chi connectivity index (χ2n) is 7.53. The van der Waals surface area contributed by atoms with Gasteiger partial charge in [-0.15, -0.1) is 20.4 Å². The Morgan fingerprint density at radius 1 is 0.562 bits per heavy atom. The highest BCUT2D eigenvalue weighted by Crippen LogP contribution is 2.24. The normalized spacial score (nSPS) is 12.1. The van der Waals surface area contributed by atoms with Crippen LogP contribution in [0.3, 0.4) is 0 Å². The van der Waals surface area contributed by atoms with Gasteiger partial charge in [-0.05, 0) is 47.2 Å². The average Bonchev–Trinajstić information content (AvgIpc) is 3.51. The molecule has 0 amide bonds. The van der Waals surface area contributed by atoms with Crippen LogP contribution in [0.4, 0.5) is 0 Å². The molecule has 0 unspecified atom stereocenters. The van der Waals surface area contributed by atoms with Crippen LogP contribution in [-0.2, 0) is 0 Å². The summed E-state index contributed by atoms with van der Waals surface area (Å²) >= 11 is 0. The highest BCUT2D eigenvalue weighted by Gasteiger charge is 2.12. The molecule has 0 saturated heterocycles. The summed E-state index contributed by atoms with van der Waals surface area (Å²) < 4.78 is 0. The molecule has 0 atom stereocenters. The molecular weight excluding hydrogens is 396 g/mol. The van der Waals surface area contributed by atoms with Crippen molar-refractivity contribution in [2.45, 2.75) is 0 Å². The van der Waals surface area contributed by atoms with E-state index in [2.05, 4.69) is 54.6 Å². The Bertz CT molecular complexity index is 1590. The third-order valence-electron chi connectivity index (χ3n) is 5.55. The van der Waals surface area contributed by atoms with Gasteiger partial charge in [0.05, 0.1) is 17.0 Å². The molecule has 0 saturated carbocycles. The zero-order valence-corrected chi connectivity index (χ0v) is 17.0. The van der Waals surface area contributed by atoms with Crippen molar-refractivity contribution in [3.63, 3.8) is 0 Å². The standard InChI is InChI=1S/C26H18N6/c1-3-7-20-17(5-1)15-27-23(20)12-10-19-9-11-22-25(30-32-26(22)31-29-19)14-13-24-21-8-4-2-6-18(21)16-28-24/h1-16,27-28H/b12-10+,14-13+. The van der Waals surface area contributed by atoms with Gasteiger partial charge in [0, 0.05) is 34.6 Å². The molecule has 2 aromatic carbocycles. The van der Waals surface area contributed by atoms with Gasteiger partial charge in [0.15, 0.2) is 0 Å². The number of hydrogen-bond donors (Lipinski definition) is 2. The number of aromatic amines is 2. The lowest BCUT2D eigenvalue weighted by molar-refractivity contribution is 0.981. The summed E-state index contributed by atoms with van der Waals surface area (Å²) in [5.41, 5.74) is 4.43. The minimum atomic E-state index is 0.519. The molecular formula is C26H18N6. The first-order valence-electron chi connectivity index (χ1n) is 10.3. The van der Waals surface area contributed by atoms with Crippen molar-refractivity contribution >= 4 is 45.8 Å². The number of hydrogen-bond acceptors (Lipinski definition) is 4. The van der Waals surface area contributed by atoms with Crippen LogP contribution in [0.15, 0.2) is 73.1 Å². The number of nitrogens with zero attached hydrogens (tertiary/aromatic N) is 4. The maximum absolute atomic E-state index is 4.33. The summed E-state index contributed by atoms with van der Waals surface area (Å²) in [6.07, 6.45) is 11.9. The summed E-state index contributed by atoms with van der Waals surface area (Å²) in [4.78, 5) is 6.61. The Balaban J connectivity index is 1.30. The summed E-state index contributed by atoms with van der Waals surface area (Å²) in [7, 11) is 0. The first-order chi connectivity index (χ1) is 15.8. The molecule has 4 heterocycles. The minimum Gasteiger partial charge on any atom is -0.361 e. The molecule has 0 radical (unpaired) electrons. The van der Waals surface area contributed by atoms with Crippen molar-refractivity contribution in [3.05, 3.63) is 95.8 Å². The fraction of sp³-hybridized carbons (Fsp3) is 0. The van der Waals surface area contributed by atoms with E-state index in [4.69, 9.17) is 0 Å². The van der Waals surface area contributed by atoms with E-state index in [1.807, 2.05) is 73.1 Å². The summed E-state index contributed by atoms with van der Waals surface area (Å²) in [5.74, 6) is 0.519. The van der Waals surface area contributed by atoms with Gasteiger partial charge in [0.25, 0.3) is 0 Å². The Morgan fingerprint density at radius 3 is 1.91 bits per heavy atom. The molecule has 0 aliphatic carbocycles. The first kappa shape index (κ1) is 18.2. The van der Waals surface area contributed by atoms with E-state index in [0.717, 1.165) is 28.3 Å².